The third kappa shape index (κ3) is 4.11. The summed E-state index contributed by atoms with van der Waals surface area (Å²) in [5, 5.41) is 0.903. The lowest BCUT2D eigenvalue weighted by Crippen LogP contribution is -2.31. The van der Waals surface area contributed by atoms with Crippen LogP contribution in [0.5, 0.6) is 5.75 Å². The maximum absolute atomic E-state index is 12.7. The van der Waals surface area contributed by atoms with Gasteiger partial charge in [-0.25, -0.2) is 4.98 Å². The van der Waals surface area contributed by atoms with E-state index in [1.807, 2.05) is 91.9 Å². The first-order valence-electron chi connectivity index (χ1n) is 9.53. The van der Waals surface area contributed by atoms with Crippen molar-refractivity contribution in [3.05, 3.63) is 90.5 Å². The number of pyridine rings is 1. The smallest absolute Gasteiger partial charge is 0.264 e. The molecule has 1 aromatic heterocycles. The first-order valence-corrected chi connectivity index (χ1v) is 9.53. The Morgan fingerprint density at radius 3 is 2.34 bits per heavy atom. The average molecular weight is 382 g/mol. The minimum Gasteiger partial charge on any atom is -0.483 e. The number of rotatable bonds is 5. The topological polar surface area (TPSA) is 42.4 Å². The fourth-order valence-electron chi connectivity index (χ4n) is 3.22. The highest BCUT2D eigenvalue weighted by Gasteiger charge is 2.14. The lowest BCUT2D eigenvalue weighted by atomic mass is 10.1. The molecule has 0 saturated heterocycles. The van der Waals surface area contributed by atoms with E-state index >= 15 is 0 Å². The van der Waals surface area contributed by atoms with Crippen LogP contribution in [0.25, 0.3) is 22.2 Å². The summed E-state index contributed by atoms with van der Waals surface area (Å²) in [4.78, 5) is 19.0. The number of aryl methyl sites for hydroxylation is 1. The van der Waals surface area contributed by atoms with Crippen LogP contribution >= 0.6 is 0 Å². The molecule has 0 spiro atoms. The molecule has 4 nitrogen and oxygen atoms in total. The van der Waals surface area contributed by atoms with Gasteiger partial charge in [0.25, 0.3) is 5.91 Å². The summed E-state index contributed by atoms with van der Waals surface area (Å²) in [6.45, 7) is 1.98. The van der Waals surface area contributed by atoms with Gasteiger partial charge < -0.3 is 9.64 Å². The number of para-hydroxylation sites is 1. The van der Waals surface area contributed by atoms with Crippen LogP contribution in [-0.4, -0.2) is 24.5 Å². The fraction of sp³-hybridized carbons (Fsp3) is 0.120. The molecule has 0 atom stereocenters. The normalized spacial score (nSPS) is 10.7. The molecule has 0 aliphatic heterocycles. The summed E-state index contributed by atoms with van der Waals surface area (Å²) in [5.41, 5.74) is 4.62. The van der Waals surface area contributed by atoms with Crippen molar-refractivity contribution >= 4 is 22.5 Å². The monoisotopic (exact) mass is 382 g/mol. The zero-order valence-corrected chi connectivity index (χ0v) is 16.5. The van der Waals surface area contributed by atoms with E-state index in [0.29, 0.717) is 5.75 Å². The van der Waals surface area contributed by atoms with Crippen LogP contribution < -0.4 is 9.64 Å². The van der Waals surface area contributed by atoms with Crippen molar-refractivity contribution in [2.45, 2.75) is 6.92 Å². The molecule has 144 valence electrons. The fourth-order valence-corrected chi connectivity index (χ4v) is 3.22. The molecule has 0 bridgehead atoms. The number of fused-ring (bicyclic) bond motifs is 1. The van der Waals surface area contributed by atoms with Crippen LogP contribution in [0.4, 0.5) is 5.69 Å². The van der Waals surface area contributed by atoms with Gasteiger partial charge >= 0.3 is 0 Å². The quantitative estimate of drug-likeness (QED) is 0.473. The number of hydrogen-bond donors (Lipinski definition) is 0. The Hall–Kier alpha value is -3.66. The number of benzene rings is 3. The first-order chi connectivity index (χ1) is 14.1. The molecule has 29 heavy (non-hydrogen) atoms. The van der Waals surface area contributed by atoms with Crippen molar-refractivity contribution in [3.63, 3.8) is 0 Å². The lowest BCUT2D eigenvalue weighted by Gasteiger charge is -2.18. The van der Waals surface area contributed by atoms with E-state index in [9.17, 15) is 4.79 Å². The first kappa shape index (κ1) is 18.7. The highest BCUT2D eigenvalue weighted by molar-refractivity contribution is 5.94. The predicted molar refractivity (Wildman–Crippen MR) is 117 cm³/mol. The summed E-state index contributed by atoms with van der Waals surface area (Å²) in [6, 6.07) is 27.5. The molecule has 3 aromatic carbocycles. The number of ether oxygens (including phenoxy) is 1. The Morgan fingerprint density at radius 1 is 0.931 bits per heavy atom. The largest absolute Gasteiger partial charge is 0.483 e. The number of nitrogens with zero attached hydrogens (tertiary/aromatic N) is 2. The van der Waals surface area contributed by atoms with Crippen molar-refractivity contribution in [1.29, 1.82) is 0 Å². The van der Waals surface area contributed by atoms with Gasteiger partial charge in [0.05, 0.1) is 11.2 Å². The Labute approximate surface area is 170 Å². The zero-order valence-electron chi connectivity index (χ0n) is 16.5. The van der Waals surface area contributed by atoms with Gasteiger partial charge in [-0.3, -0.25) is 4.79 Å². The highest BCUT2D eigenvalue weighted by Crippen LogP contribution is 2.31. The second kappa shape index (κ2) is 8.15. The summed E-state index contributed by atoms with van der Waals surface area (Å²) < 4.78 is 6.01. The third-order valence-electron chi connectivity index (χ3n) is 4.86. The number of likely N-dealkylation sites (N-methyl/N-ethyl adjacent to an activating group) is 1. The lowest BCUT2D eigenvalue weighted by molar-refractivity contribution is -0.120. The summed E-state index contributed by atoms with van der Waals surface area (Å²) >= 11 is 0. The van der Waals surface area contributed by atoms with Gasteiger partial charge in [-0.15, -0.1) is 0 Å². The third-order valence-corrected chi connectivity index (χ3v) is 4.86. The number of hydrogen-bond acceptors (Lipinski definition) is 3. The molecule has 0 aliphatic rings. The van der Waals surface area contributed by atoms with Gasteiger partial charge in [0, 0.05) is 29.8 Å². The van der Waals surface area contributed by atoms with Gasteiger partial charge in [0.2, 0.25) is 0 Å². The second-order valence-corrected chi connectivity index (χ2v) is 6.97. The Bertz CT molecular complexity index is 1140. The Kier molecular flexibility index (Phi) is 5.25. The molecular weight excluding hydrogens is 360 g/mol. The Morgan fingerprint density at radius 2 is 1.62 bits per heavy atom. The number of carbonyl (C=O) groups excluding carboxylic acids is 1. The number of carbonyl (C=O) groups is 1. The molecule has 0 saturated carbocycles. The van der Waals surface area contributed by atoms with Crippen molar-refractivity contribution in [2.24, 2.45) is 0 Å². The maximum Gasteiger partial charge on any atom is 0.264 e. The van der Waals surface area contributed by atoms with E-state index in [2.05, 4.69) is 0 Å². The van der Waals surface area contributed by atoms with Crippen molar-refractivity contribution in [1.82, 2.24) is 4.98 Å². The van der Waals surface area contributed by atoms with Crippen LogP contribution in [0.3, 0.4) is 0 Å². The van der Waals surface area contributed by atoms with Gasteiger partial charge in [-0.1, -0.05) is 60.2 Å². The SMILES string of the molecule is Cc1ccc2nc(-c3ccccc3)cc(OCC(=O)N(C)c3ccccc3)c2c1. The standard InChI is InChI=1S/C25H22N2O2/c1-18-13-14-22-21(15-18)24(16-23(26-22)19-9-5-3-6-10-19)29-17-25(28)27(2)20-11-7-4-8-12-20/h3-16H,17H2,1-2H3. The van der Waals surface area contributed by atoms with E-state index < -0.39 is 0 Å². The molecular formula is C25H22N2O2. The highest BCUT2D eigenvalue weighted by atomic mass is 16.5. The summed E-state index contributed by atoms with van der Waals surface area (Å²) in [7, 11) is 1.76. The van der Waals surface area contributed by atoms with Crippen LogP contribution in [0.1, 0.15) is 5.56 Å². The van der Waals surface area contributed by atoms with Crippen LogP contribution in [0.2, 0.25) is 0 Å². The molecule has 0 radical (unpaired) electrons. The maximum atomic E-state index is 12.7. The van der Waals surface area contributed by atoms with Crippen molar-refractivity contribution in [2.75, 3.05) is 18.6 Å². The van der Waals surface area contributed by atoms with Crippen molar-refractivity contribution in [3.8, 4) is 17.0 Å². The Balaban J connectivity index is 1.65. The molecule has 0 unspecified atom stereocenters. The van der Waals surface area contributed by atoms with Crippen LogP contribution in [0, 0.1) is 6.92 Å². The molecule has 0 N–H and O–H groups in total. The summed E-state index contributed by atoms with van der Waals surface area (Å²) in [6.07, 6.45) is 0. The molecule has 4 heteroatoms. The van der Waals surface area contributed by atoms with E-state index in [-0.39, 0.29) is 12.5 Å². The van der Waals surface area contributed by atoms with Gasteiger partial charge in [0.1, 0.15) is 5.75 Å². The van der Waals surface area contributed by atoms with E-state index in [1.165, 1.54) is 0 Å². The summed E-state index contributed by atoms with van der Waals surface area (Å²) in [5.74, 6) is 0.544. The van der Waals surface area contributed by atoms with Gasteiger partial charge in [-0.2, -0.15) is 0 Å². The molecule has 0 aliphatic carbocycles. The number of anilines is 1. The van der Waals surface area contributed by atoms with Gasteiger partial charge in [-0.05, 0) is 31.2 Å². The molecule has 4 aromatic rings. The second-order valence-electron chi connectivity index (χ2n) is 6.97. The minimum atomic E-state index is -0.116. The van der Waals surface area contributed by atoms with Crippen LogP contribution in [0.15, 0.2) is 84.9 Å². The molecule has 4 rings (SSSR count). The number of amides is 1. The number of aromatic nitrogens is 1. The molecule has 0 fully saturated rings. The minimum absolute atomic E-state index is 0.0489. The van der Waals surface area contributed by atoms with Gasteiger partial charge in [0.15, 0.2) is 6.61 Å². The zero-order chi connectivity index (χ0) is 20.2. The van der Waals surface area contributed by atoms with E-state index in [0.717, 1.165) is 33.4 Å². The van der Waals surface area contributed by atoms with E-state index in [1.54, 1.807) is 11.9 Å². The molecule has 1 heterocycles. The van der Waals surface area contributed by atoms with Crippen LogP contribution in [-0.2, 0) is 4.79 Å². The predicted octanol–water partition coefficient (Wildman–Crippen LogP) is 5.25. The van der Waals surface area contributed by atoms with Crippen molar-refractivity contribution < 1.29 is 9.53 Å². The molecule has 1 amide bonds. The van der Waals surface area contributed by atoms with E-state index in [4.69, 9.17) is 9.72 Å². The average Bonchev–Trinajstić information content (AvgIpc) is 2.78.